The molecule has 0 aromatic carbocycles. The largest absolute Gasteiger partial charge is 0.335 e. The summed E-state index contributed by atoms with van der Waals surface area (Å²) in [5.41, 5.74) is 3.95. The second-order valence-electron chi connectivity index (χ2n) is 4.64. The number of rotatable bonds is 6. The monoisotopic (exact) mass is 279 g/mol. The number of thiazole rings is 1. The first-order valence-electron chi connectivity index (χ1n) is 6.55. The lowest BCUT2D eigenvalue weighted by atomic mass is 10.1. The van der Waals surface area contributed by atoms with Gasteiger partial charge in [-0.1, -0.05) is 6.92 Å². The van der Waals surface area contributed by atoms with Gasteiger partial charge in [-0.15, -0.1) is 11.3 Å². The summed E-state index contributed by atoms with van der Waals surface area (Å²) in [6, 6.07) is 0.0733. The smallest absolute Gasteiger partial charge is 0.110 e. The van der Waals surface area contributed by atoms with Crippen molar-refractivity contribution in [1.82, 2.24) is 20.0 Å². The van der Waals surface area contributed by atoms with E-state index in [4.69, 9.17) is 5.84 Å². The molecule has 0 aliphatic rings. The third kappa shape index (κ3) is 3.20. The molecule has 0 aliphatic heterocycles. The molecule has 0 saturated heterocycles. The van der Waals surface area contributed by atoms with Gasteiger partial charge in [-0.25, -0.2) is 9.97 Å². The van der Waals surface area contributed by atoms with Crippen molar-refractivity contribution < 1.29 is 0 Å². The van der Waals surface area contributed by atoms with Crippen molar-refractivity contribution in [2.45, 2.75) is 46.2 Å². The Labute approximate surface area is 117 Å². The SMILES string of the molecule is CCCn1ccnc1CC(NN)c1sc(C)nc1C. The molecule has 0 radical (unpaired) electrons. The summed E-state index contributed by atoms with van der Waals surface area (Å²) in [7, 11) is 0. The van der Waals surface area contributed by atoms with Gasteiger partial charge in [0.2, 0.25) is 0 Å². The molecule has 0 aliphatic carbocycles. The van der Waals surface area contributed by atoms with E-state index in [0.717, 1.165) is 35.9 Å². The molecular formula is C13H21N5S. The van der Waals surface area contributed by atoms with Crippen molar-refractivity contribution >= 4 is 11.3 Å². The van der Waals surface area contributed by atoms with Crippen LogP contribution in [0.4, 0.5) is 0 Å². The number of aryl methyl sites for hydroxylation is 3. The van der Waals surface area contributed by atoms with Crippen LogP contribution < -0.4 is 11.3 Å². The van der Waals surface area contributed by atoms with Crippen LogP contribution in [0.3, 0.4) is 0 Å². The predicted octanol–water partition coefficient (Wildman–Crippen LogP) is 2.11. The molecule has 2 rings (SSSR count). The molecule has 0 amide bonds. The van der Waals surface area contributed by atoms with Crippen LogP contribution in [0.2, 0.25) is 0 Å². The summed E-state index contributed by atoms with van der Waals surface area (Å²) in [4.78, 5) is 10.1. The van der Waals surface area contributed by atoms with Crippen LogP contribution in [0.25, 0.3) is 0 Å². The maximum atomic E-state index is 5.72. The highest BCUT2D eigenvalue weighted by atomic mass is 32.1. The maximum Gasteiger partial charge on any atom is 0.110 e. The van der Waals surface area contributed by atoms with E-state index >= 15 is 0 Å². The number of aromatic nitrogens is 3. The van der Waals surface area contributed by atoms with Gasteiger partial charge in [0, 0.05) is 30.2 Å². The number of nitrogens with zero attached hydrogens (tertiary/aromatic N) is 3. The normalized spacial score (nSPS) is 12.8. The Hall–Kier alpha value is -1.24. The first-order chi connectivity index (χ1) is 9.15. The zero-order chi connectivity index (χ0) is 13.8. The Morgan fingerprint density at radius 3 is 2.84 bits per heavy atom. The molecule has 1 unspecified atom stereocenters. The summed E-state index contributed by atoms with van der Waals surface area (Å²) < 4.78 is 2.19. The van der Waals surface area contributed by atoms with E-state index < -0.39 is 0 Å². The fourth-order valence-electron chi connectivity index (χ4n) is 2.25. The molecule has 5 nitrogen and oxygen atoms in total. The van der Waals surface area contributed by atoms with Crippen molar-refractivity contribution in [3.05, 3.63) is 33.8 Å². The standard InChI is InChI=1S/C13H21N5S/c1-4-6-18-7-5-15-12(18)8-11(17-14)13-9(2)16-10(3)19-13/h5,7,11,17H,4,6,8,14H2,1-3H3. The first-order valence-corrected chi connectivity index (χ1v) is 7.37. The molecule has 0 fully saturated rings. The van der Waals surface area contributed by atoms with Crippen molar-refractivity contribution in [3.8, 4) is 0 Å². The fourth-order valence-corrected chi connectivity index (χ4v) is 3.24. The molecule has 3 N–H and O–H groups in total. The van der Waals surface area contributed by atoms with Crippen LogP contribution in [-0.4, -0.2) is 14.5 Å². The average molecular weight is 279 g/mol. The number of nitrogens with two attached hydrogens (primary N) is 1. The van der Waals surface area contributed by atoms with Gasteiger partial charge in [-0.3, -0.25) is 11.3 Å². The van der Waals surface area contributed by atoms with Crippen molar-refractivity contribution in [1.29, 1.82) is 0 Å². The van der Waals surface area contributed by atoms with Crippen LogP contribution in [0.5, 0.6) is 0 Å². The molecule has 2 aromatic rings. The predicted molar refractivity (Wildman–Crippen MR) is 77.9 cm³/mol. The van der Waals surface area contributed by atoms with Crippen molar-refractivity contribution in [2.24, 2.45) is 5.84 Å². The minimum atomic E-state index is 0.0733. The van der Waals surface area contributed by atoms with Gasteiger partial charge >= 0.3 is 0 Å². The molecule has 2 aromatic heterocycles. The minimum absolute atomic E-state index is 0.0733. The van der Waals surface area contributed by atoms with Crippen LogP contribution >= 0.6 is 11.3 Å². The minimum Gasteiger partial charge on any atom is -0.335 e. The van der Waals surface area contributed by atoms with E-state index in [2.05, 4.69) is 26.9 Å². The molecule has 1 atom stereocenters. The summed E-state index contributed by atoms with van der Waals surface area (Å²) in [6.45, 7) is 7.21. The van der Waals surface area contributed by atoms with Crippen LogP contribution in [0.15, 0.2) is 12.4 Å². The molecule has 19 heavy (non-hydrogen) atoms. The molecule has 0 saturated carbocycles. The van der Waals surface area contributed by atoms with Gasteiger partial charge in [0.15, 0.2) is 0 Å². The fraction of sp³-hybridized carbons (Fsp3) is 0.538. The number of nitrogens with one attached hydrogen (secondary N) is 1. The lowest BCUT2D eigenvalue weighted by molar-refractivity contribution is 0.521. The Morgan fingerprint density at radius 2 is 2.26 bits per heavy atom. The number of hydrogen-bond acceptors (Lipinski definition) is 5. The number of hydrazine groups is 1. The number of hydrogen-bond donors (Lipinski definition) is 2. The van der Waals surface area contributed by atoms with Gasteiger partial charge in [-0.2, -0.15) is 0 Å². The second-order valence-corrected chi connectivity index (χ2v) is 5.88. The van der Waals surface area contributed by atoms with Crippen LogP contribution in [-0.2, 0) is 13.0 Å². The molecule has 6 heteroatoms. The van der Waals surface area contributed by atoms with Crippen molar-refractivity contribution in [3.63, 3.8) is 0 Å². The molecule has 104 valence electrons. The summed E-state index contributed by atoms with van der Waals surface area (Å²) in [6.07, 6.45) is 5.76. The lowest BCUT2D eigenvalue weighted by Gasteiger charge is -2.15. The van der Waals surface area contributed by atoms with E-state index in [1.807, 2.05) is 26.2 Å². The Morgan fingerprint density at radius 1 is 1.47 bits per heavy atom. The first kappa shape index (κ1) is 14.2. The highest BCUT2D eigenvalue weighted by Gasteiger charge is 2.18. The number of imidazole rings is 1. The van der Waals surface area contributed by atoms with E-state index in [-0.39, 0.29) is 6.04 Å². The molecule has 0 bridgehead atoms. The Bertz CT molecular complexity index is 531. The van der Waals surface area contributed by atoms with Crippen LogP contribution in [0, 0.1) is 13.8 Å². The summed E-state index contributed by atoms with van der Waals surface area (Å²) in [5, 5.41) is 1.07. The Kier molecular flexibility index (Phi) is 4.68. The molecular weight excluding hydrogens is 258 g/mol. The van der Waals surface area contributed by atoms with Gasteiger partial charge in [-0.05, 0) is 20.3 Å². The average Bonchev–Trinajstić information content (AvgIpc) is 2.94. The summed E-state index contributed by atoms with van der Waals surface area (Å²) in [5.74, 6) is 6.78. The van der Waals surface area contributed by atoms with E-state index in [1.54, 1.807) is 11.3 Å². The maximum absolute atomic E-state index is 5.72. The zero-order valence-electron chi connectivity index (χ0n) is 11.7. The van der Waals surface area contributed by atoms with Gasteiger partial charge in [0.25, 0.3) is 0 Å². The molecule has 2 heterocycles. The Balaban J connectivity index is 2.19. The van der Waals surface area contributed by atoms with Gasteiger partial charge in [0.1, 0.15) is 5.82 Å². The topological polar surface area (TPSA) is 68.8 Å². The highest BCUT2D eigenvalue weighted by molar-refractivity contribution is 7.11. The molecule has 0 spiro atoms. The lowest BCUT2D eigenvalue weighted by Crippen LogP contribution is -2.30. The van der Waals surface area contributed by atoms with E-state index in [0.29, 0.717) is 0 Å². The zero-order valence-corrected chi connectivity index (χ0v) is 12.5. The van der Waals surface area contributed by atoms with E-state index in [9.17, 15) is 0 Å². The highest BCUT2D eigenvalue weighted by Crippen LogP contribution is 2.26. The van der Waals surface area contributed by atoms with Crippen LogP contribution in [0.1, 0.15) is 40.8 Å². The van der Waals surface area contributed by atoms with Gasteiger partial charge in [0.05, 0.1) is 16.7 Å². The third-order valence-electron chi connectivity index (χ3n) is 3.11. The van der Waals surface area contributed by atoms with Crippen molar-refractivity contribution in [2.75, 3.05) is 0 Å². The van der Waals surface area contributed by atoms with E-state index in [1.165, 1.54) is 4.88 Å². The summed E-state index contributed by atoms with van der Waals surface area (Å²) >= 11 is 1.70. The third-order valence-corrected chi connectivity index (χ3v) is 4.30. The quantitative estimate of drug-likeness (QED) is 0.628. The second kappa shape index (κ2) is 6.27. The van der Waals surface area contributed by atoms with Gasteiger partial charge < -0.3 is 4.57 Å².